The largest absolute Gasteiger partial charge is 0.508 e. The summed E-state index contributed by atoms with van der Waals surface area (Å²) in [4.78, 5) is 0. The molecule has 2 aliphatic heterocycles. The zero-order chi connectivity index (χ0) is 19.1. The normalized spacial score (nSPS) is 17.0. The fourth-order valence-corrected chi connectivity index (χ4v) is 3.39. The number of phenols is 1. The van der Waals surface area contributed by atoms with Crippen molar-refractivity contribution in [2.45, 2.75) is 5.92 Å². The zero-order valence-corrected chi connectivity index (χ0v) is 14.6. The van der Waals surface area contributed by atoms with E-state index in [1.165, 1.54) is 26.4 Å². The molecule has 138 valence electrons. The SMILES string of the molecule is COc1c([C@H]2C(C#N)=C(N)Oc3cc(O)ccc32)cc2c(c1OC)OCO2. The summed E-state index contributed by atoms with van der Waals surface area (Å²) in [6, 6.07) is 8.49. The molecule has 2 aromatic rings. The summed E-state index contributed by atoms with van der Waals surface area (Å²) < 4.78 is 27.6. The molecule has 0 spiro atoms. The number of nitrogens with zero attached hydrogens (tertiary/aromatic N) is 1. The summed E-state index contributed by atoms with van der Waals surface area (Å²) >= 11 is 0. The van der Waals surface area contributed by atoms with E-state index in [1.54, 1.807) is 12.1 Å². The third-order valence-electron chi connectivity index (χ3n) is 4.52. The Morgan fingerprint density at radius 3 is 2.59 bits per heavy atom. The average Bonchev–Trinajstić information content (AvgIpc) is 3.13. The number of hydrogen-bond acceptors (Lipinski definition) is 8. The van der Waals surface area contributed by atoms with Crippen LogP contribution in [-0.2, 0) is 0 Å². The number of phenolic OH excluding ortho intramolecular Hbond substituents is 1. The fraction of sp³-hybridized carbons (Fsp3) is 0.211. The van der Waals surface area contributed by atoms with Crippen LogP contribution in [0.25, 0.3) is 0 Å². The number of hydrogen-bond donors (Lipinski definition) is 2. The molecule has 0 saturated carbocycles. The number of methoxy groups -OCH3 is 2. The van der Waals surface area contributed by atoms with Crippen LogP contribution >= 0.6 is 0 Å². The standard InChI is InChI=1S/C19H16N2O6/c1-23-16-11(6-14-17(18(16)24-2)26-8-25-14)15-10-4-3-9(22)5-13(10)27-19(21)12(15)7-20/h3-6,15,22H,8,21H2,1-2H3/t15-/m0/s1. The van der Waals surface area contributed by atoms with Crippen LogP contribution < -0.4 is 29.4 Å². The van der Waals surface area contributed by atoms with Gasteiger partial charge in [-0.2, -0.15) is 5.26 Å². The molecule has 0 saturated heterocycles. The maximum absolute atomic E-state index is 9.78. The fourth-order valence-electron chi connectivity index (χ4n) is 3.39. The highest BCUT2D eigenvalue weighted by molar-refractivity contribution is 5.69. The predicted molar refractivity (Wildman–Crippen MR) is 93.1 cm³/mol. The zero-order valence-electron chi connectivity index (χ0n) is 14.6. The van der Waals surface area contributed by atoms with Gasteiger partial charge < -0.3 is 34.5 Å². The molecule has 0 aromatic heterocycles. The highest BCUT2D eigenvalue weighted by Gasteiger charge is 2.36. The molecule has 2 aliphatic rings. The van der Waals surface area contributed by atoms with Crippen LogP contribution in [0.5, 0.6) is 34.5 Å². The number of aromatic hydroxyl groups is 1. The molecule has 8 nitrogen and oxygen atoms in total. The molecular weight excluding hydrogens is 352 g/mol. The second kappa shape index (κ2) is 6.21. The van der Waals surface area contributed by atoms with Crippen LogP contribution in [-0.4, -0.2) is 26.1 Å². The summed E-state index contributed by atoms with van der Waals surface area (Å²) in [5.74, 6) is 1.42. The number of benzene rings is 2. The first-order valence-electron chi connectivity index (χ1n) is 8.04. The topological polar surface area (TPSA) is 116 Å². The van der Waals surface area contributed by atoms with Crippen molar-refractivity contribution in [2.75, 3.05) is 21.0 Å². The highest BCUT2D eigenvalue weighted by Crippen LogP contribution is 2.54. The molecule has 0 radical (unpaired) electrons. The Morgan fingerprint density at radius 1 is 1.11 bits per heavy atom. The molecule has 0 aliphatic carbocycles. The van der Waals surface area contributed by atoms with Gasteiger partial charge in [-0.25, -0.2) is 0 Å². The van der Waals surface area contributed by atoms with Crippen LogP contribution in [0.2, 0.25) is 0 Å². The van der Waals surface area contributed by atoms with Crippen LogP contribution in [0.15, 0.2) is 35.7 Å². The van der Waals surface area contributed by atoms with Crippen LogP contribution in [0.1, 0.15) is 17.0 Å². The van der Waals surface area contributed by atoms with Crippen molar-refractivity contribution >= 4 is 0 Å². The smallest absolute Gasteiger partial charge is 0.231 e. The van der Waals surface area contributed by atoms with Gasteiger partial charge in [-0.3, -0.25) is 0 Å². The van der Waals surface area contributed by atoms with Gasteiger partial charge in [0.15, 0.2) is 11.5 Å². The molecule has 27 heavy (non-hydrogen) atoms. The number of rotatable bonds is 3. The molecule has 2 heterocycles. The van der Waals surface area contributed by atoms with Crippen molar-refractivity contribution < 1.29 is 28.8 Å². The Labute approximate surface area is 154 Å². The third kappa shape index (κ3) is 2.44. The van der Waals surface area contributed by atoms with Crippen LogP contribution in [0.4, 0.5) is 0 Å². The molecule has 0 fully saturated rings. The van der Waals surface area contributed by atoms with E-state index in [4.69, 9.17) is 29.4 Å². The van der Waals surface area contributed by atoms with Crippen molar-refractivity contribution in [3.05, 3.63) is 46.8 Å². The van der Waals surface area contributed by atoms with Gasteiger partial charge in [-0.1, -0.05) is 6.07 Å². The Bertz CT molecular complexity index is 1010. The van der Waals surface area contributed by atoms with E-state index in [0.29, 0.717) is 39.9 Å². The van der Waals surface area contributed by atoms with E-state index >= 15 is 0 Å². The Morgan fingerprint density at radius 2 is 1.89 bits per heavy atom. The summed E-state index contributed by atoms with van der Waals surface area (Å²) in [7, 11) is 2.99. The number of fused-ring (bicyclic) bond motifs is 2. The molecule has 0 bridgehead atoms. The van der Waals surface area contributed by atoms with E-state index in [0.717, 1.165) is 0 Å². The molecular formula is C19H16N2O6. The number of ether oxygens (including phenoxy) is 5. The van der Waals surface area contributed by atoms with Gasteiger partial charge in [0.1, 0.15) is 23.1 Å². The lowest BCUT2D eigenvalue weighted by Crippen LogP contribution is -2.21. The summed E-state index contributed by atoms with van der Waals surface area (Å²) in [5, 5.41) is 19.5. The summed E-state index contributed by atoms with van der Waals surface area (Å²) in [6.07, 6.45) is 0. The molecule has 1 atom stereocenters. The van der Waals surface area contributed by atoms with E-state index in [9.17, 15) is 10.4 Å². The lowest BCUT2D eigenvalue weighted by molar-refractivity contribution is 0.170. The van der Waals surface area contributed by atoms with Crippen molar-refractivity contribution in [1.82, 2.24) is 0 Å². The van der Waals surface area contributed by atoms with Gasteiger partial charge in [0.25, 0.3) is 0 Å². The monoisotopic (exact) mass is 368 g/mol. The minimum absolute atomic E-state index is 0.0240. The quantitative estimate of drug-likeness (QED) is 0.848. The van der Waals surface area contributed by atoms with Gasteiger partial charge in [0.05, 0.1) is 20.1 Å². The number of nitrogens with two attached hydrogens (primary N) is 1. The van der Waals surface area contributed by atoms with Crippen molar-refractivity contribution in [2.24, 2.45) is 5.73 Å². The lowest BCUT2D eigenvalue weighted by atomic mass is 9.82. The molecule has 4 rings (SSSR count). The molecule has 0 amide bonds. The van der Waals surface area contributed by atoms with Crippen LogP contribution in [0.3, 0.4) is 0 Å². The molecule has 2 aromatic carbocycles. The lowest BCUT2D eigenvalue weighted by Gasteiger charge is -2.28. The summed E-state index contributed by atoms with van der Waals surface area (Å²) in [5.41, 5.74) is 7.45. The first-order valence-corrected chi connectivity index (χ1v) is 8.04. The molecule has 0 unspecified atom stereocenters. The van der Waals surface area contributed by atoms with Crippen LogP contribution in [0, 0.1) is 11.3 Å². The van der Waals surface area contributed by atoms with E-state index in [2.05, 4.69) is 6.07 Å². The maximum Gasteiger partial charge on any atom is 0.231 e. The molecule has 8 heteroatoms. The van der Waals surface area contributed by atoms with Gasteiger partial charge in [0.2, 0.25) is 24.2 Å². The first kappa shape index (κ1) is 16.7. The number of nitriles is 1. The van der Waals surface area contributed by atoms with E-state index in [-0.39, 0.29) is 24.0 Å². The summed E-state index contributed by atoms with van der Waals surface area (Å²) in [6.45, 7) is 0.0552. The molecule has 3 N–H and O–H groups in total. The van der Waals surface area contributed by atoms with Gasteiger partial charge in [0, 0.05) is 17.2 Å². The predicted octanol–water partition coefficient (Wildman–Crippen LogP) is 2.36. The van der Waals surface area contributed by atoms with E-state index < -0.39 is 5.92 Å². The Kier molecular flexibility index (Phi) is 3.85. The van der Waals surface area contributed by atoms with E-state index in [1.807, 2.05) is 0 Å². The minimum Gasteiger partial charge on any atom is -0.508 e. The maximum atomic E-state index is 9.78. The van der Waals surface area contributed by atoms with Gasteiger partial charge in [-0.15, -0.1) is 0 Å². The second-order valence-electron chi connectivity index (χ2n) is 5.91. The van der Waals surface area contributed by atoms with Crippen molar-refractivity contribution in [1.29, 1.82) is 5.26 Å². The van der Waals surface area contributed by atoms with Crippen molar-refractivity contribution in [3.63, 3.8) is 0 Å². The first-order chi connectivity index (χ1) is 13.1. The Hall–Kier alpha value is -3.73. The second-order valence-corrected chi connectivity index (χ2v) is 5.91. The minimum atomic E-state index is -0.599. The van der Waals surface area contributed by atoms with Crippen molar-refractivity contribution in [3.8, 4) is 40.6 Å². The Balaban J connectivity index is 2.02. The van der Waals surface area contributed by atoms with Gasteiger partial charge >= 0.3 is 0 Å². The average molecular weight is 368 g/mol. The third-order valence-corrected chi connectivity index (χ3v) is 4.52. The highest BCUT2D eigenvalue weighted by atomic mass is 16.7. The van der Waals surface area contributed by atoms with Gasteiger partial charge in [-0.05, 0) is 12.1 Å². The number of allylic oxidation sites excluding steroid dienone is 1.